The van der Waals surface area contributed by atoms with Crippen LogP contribution in [0.1, 0.15) is 58.3 Å². The zero-order valence-electron chi connectivity index (χ0n) is 16.2. The summed E-state index contributed by atoms with van der Waals surface area (Å²) >= 11 is 0. The van der Waals surface area contributed by atoms with E-state index in [1.54, 1.807) is 24.3 Å². The van der Waals surface area contributed by atoms with E-state index in [-0.39, 0.29) is 16.8 Å². The van der Waals surface area contributed by atoms with Gasteiger partial charge in [-0.05, 0) is 63.3 Å². The molecule has 1 aliphatic carbocycles. The van der Waals surface area contributed by atoms with Gasteiger partial charge in [0.2, 0.25) is 10.0 Å². The molecule has 1 amide bonds. The van der Waals surface area contributed by atoms with Crippen LogP contribution in [-0.2, 0) is 14.8 Å². The number of rotatable bonds is 6. The fraction of sp³-hybridized carbons (Fsp3) is 0.650. The number of anilines is 1. The Kier molecular flexibility index (Phi) is 6.89. The van der Waals surface area contributed by atoms with Gasteiger partial charge in [0.1, 0.15) is 0 Å². The maximum atomic E-state index is 12.5. The number of nitrogens with one attached hydrogen (secondary N) is 3. The Balaban J connectivity index is 1.55. The van der Waals surface area contributed by atoms with Gasteiger partial charge in [-0.2, -0.15) is 0 Å². The highest BCUT2D eigenvalue weighted by Gasteiger charge is 2.25. The van der Waals surface area contributed by atoms with Crippen molar-refractivity contribution in [3.8, 4) is 0 Å². The first kappa shape index (κ1) is 20.3. The van der Waals surface area contributed by atoms with Gasteiger partial charge in [0.05, 0.1) is 17.5 Å². The first-order valence-electron chi connectivity index (χ1n) is 10.2. The quantitative estimate of drug-likeness (QED) is 0.687. The third-order valence-electron chi connectivity index (χ3n) is 5.84. The van der Waals surface area contributed by atoms with Crippen molar-refractivity contribution < 1.29 is 18.1 Å². The van der Waals surface area contributed by atoms with Crippen LogP contribution in [0.4, 0.5) is 5.69 Å². The largest absolute Gasteiger partial charge is 0.325 e. The molecule has 3 N–H and O–H groups in total. The standard InChI is InChI=1S/C20H31N3O3S/c1-16-7-5-6-14-23(16)15-20(24)21-17-10-12-19(13-11-17)27(25,26)22-18-8-3-2-4-9-18/h10-13,16,18,22H,2-9,14-15H2,1H3,(H,21,24)/p+1/t16-/m1/s1. The number of hydrogen-bond acceptors (Lipinski definition) is 3. The van der Waals surface area contributed by atoms with Crippen molar-refractivity contribution in [3.05, 3.63) is 24.3 Å². The van der Waals surface area contributed by atoms with Crippen LogP contribution >= 0.6 is 0 Å². The Morgan fingerprint density at radius 2 is 1.70 bits per heavy atom. The number of amides is 1. The lowest BCUT2D eigenvalue weighted by atomic mass is 9.96. The van der Waals surface area contributed by atoms with Crippen molar-refractivity contribution in [1.29, 1.82) is 0 Å². The number of sulfonamides is 1. The zero-order chi connectivity index (χ0) is 19.3. The highest BCUT2D eigenvalue weighted by Crippen LogP contribution is 2.20. The van der Waals surface area contributed by atoms with E-state index < -0.39 is 10.0 Å². The van der Waals surface area contributed by atoms with E-state index in [0.29, 0.717) is 18.3 Å². The summed E-state index contributed by atoms with van der Waals surface area (Å²) in [5.74, 6) is -0.0188. The van der Waals surface area contributed by atoms with Gasteiger partial charge in [-0.3, -0.25) is 4.79 Å². The van der Waals surface area contributed by atoms with E-state index in [4.69, 9.17) is 0 Å². The van der Waals surface area contributed by atoms with E-state index in [9.17, 15) is 13.2 Å². The molecule has 1 unspecified atom stereocenters. The number of quaternary nitrogens is 1. The van der Waals surface area contributed by atoms with Gasteiger partial charge in [-0.15, -0.1) is 0 Å². The van der Waals surface area contributed by atoms with Crippen LogP contribution in [0.2, 0.25) is 0 Å². The molecule has 1 heterocycles. The predicted octanol–water partition coefficient (Wildman–Crippen LogP) is 1.69. The van der Waals surface area contributed by atoms with E-state index in [1.807, 2.05) is 0 Å². The SMILES string of the molecule is C[C@@H]1CCCC[NH+]1CC(=O)Nc1ccc(S(=O)(=O)NC2CCCCC2)cc1. The van der Waals surface area contributed by atoms with Gasteiger partial charge in [0, 0.05) is 11.7 Å². The molecule has 2 aliphatic rings. The molecule has 0 bridgehead atoms. The maximum Gasteiger partial charge on any atom is 0.279 e. The fourth-order valence-electron chi connectivity index (χ4n) is 4.15. The molecule has 27 heavy (non-hydrogen) atoms. The highest BCUT2D eigenvalue weighted by molar-refractivity contribution is 7.89. The lowest BCUT2D eigenvalue weighted by molar-refractivity contribution is -0.920. The summed E-state index contributed by atoms with van der Waals surface area (Å²) in [6.07, 6.45) is 8.75. The van der Waals surface area contributed by atoms with Gasteiger partial charge >= 0.3 is 0 Å². The van der Waals surface area contributed by atoms with Gasteiger partial charge < -0.3 is 10.2 Å². The van der Waals surface area contributed by atoms with Crippen LogP contribution in [0.15, 0.2) is 29.2 Å². The number of hydrogen-bond donors (Lipinski definition) is 3. The molecule has 1 aromatic rings. The van der Waals surface area contributed by atoms with Crippen LogP contribution in [0.5, 0.6) is 0 Å². The van der Waals surface area contributed by atoms with Crippen molar-refractivity contribution in [1.82, 2.24) is 4.72 Å². The molecule has 0 radical (unpaired) electrons. The van der Waals surface area contributed by atoms with Gasteiger partial charge in [-0.1, -0.05) is 19.3 Å². The average molecular weight is 395 g/mol. The van der Waals surface area contributed by atoms with E-state index >= 15 is 0 Å². The second-order valence-electron chi connectivity index (χ2n) is 8.01. The van der Waals surface area contributed by atoms with Crippen molar-refractivity contribution in [2.24, 2.45) is 0 Å². The lowest BCUT2D eigenvalue weighted by Gasteiger charge is -2.29. The summed E-state index contributed by atoms with van der Waals surface area (Å²) < 4.78 is 27.9. The molecule has 1 saturated heterocycles. The minimum Gasteiger partial charge on any atom is -0.325 e. The molecule has 3 rings (SSSR count). The van der Waals surface area contributed by atoms with Crippen molar-refractivity contribution >= 4 is 21.6 Å². The molecule has 2 atom stereocenters. The zero-order valence-corrected chi connectivity index (χ0v) is 17.0. The average Bonchev–Trinajstić information content (AvgIpc) is 2.64. The van der Waals surface area contributed by atoms with Crippen molar-refractivity contribution in [2.75, 3.05) is 18.4 Å². The summed E-state index contributed by atoms with van der Waals surface area (Å²) in [5, 5.41) is 2.89. The van der Waals surface area contributed by atoms with Crippen LogP contribution in [0.25, 0.3) is 0 Å². The normalized spacial score (nSPS) is 24.5. The molecule has 1 aliphatic heterocycles. The molecule has 1 aromatic carbocycles. The molecule has 6 nitrogen and oxygen atoms in total. The second-order valence-corrected chi connectivity index (χ2v) is 9.72. The third kappa shape index (κ3) is 5.77. The smallest absolute Gasteiger partial charge is 0.279 e. The van der Waals surface area contributed by atoms with Crippen molar-refractivity contribution in [2.45, 2.75) is 75.3 Å². The van der Waals surface area contributed by atoms with E-state index in [0.717, 1.165) is 32.2 Å². The number of carbonyl (C=O) groups excluding carboxylic acids is 1. The Morgan fingerprint density at radius 3 is 2.37 bits per heavy atom. The second kappa shape index (κ2) is 9.17. The highest BCUT2D eigenvalue weighted by atomic mass is 32.2. The molecule has 0 spiro atoms. The van der Waals surface area contributed by atoms with Gasteiger partial charge in [0.25, 0.3) is 5.91 Å². The van der Waals surface area contributed by atoms with Crippen LogP contribution in [0, 0.1) is 0 Å². The predicted molar refractivity (Wildman–Crippen MR) is 106 cm³/mol. The van der Waals surface area contributed by atoms with Crippen LogP contribution in [0.3, 0.4) is 0 Å². The minimum absolute atomic E-state index is 0.0188. The summed E-state index contributed by atoms with van der Waals surface area (Å²) in [4.78, 5) is 13.9. The molecule has 150 valence electrons. The monoisotopic (exact) mass is 394 g/mol. The number of piperidine rings is 1. The minimum atomic E-state index is -3.50. The number of benzene rings is 1. The molecule has 7 heteroatoms. The van der Waals surface area contributed by atoms with Crippen LogP contribution < -0.4 is 14.9 Å². The van der Waals surface area contributed by atoms with Crippen molar-refractivity contribution in [3.63, 3.8) is 0 Å². The van der Waals surface area contributed by atoms with E-state index in [2.05, 4.69) is 17.0 Å². The number of likely N-dealkylation sites (tertiary alicyclic amines) is 1. The first-order valence-corrected chi connectivity index (χ1v) is 11.7. The van der Waals surface area contributed by atoms with E-state index in [1.165, 1.54) is 30.6 Å². The summed E-state index contributed by atoms with van der Waals surface area (Å²) in [6.45, 7) is 3.70. The molecule has 1 saturated carbocycles. The lowest BCUT2D eigenvalue weighted by Crippen LogP contribution is -3.17. The summed E-state index contributed by atoms with van der Waals surface area (Å²) in [6, 6.07) is 7.03. The molecule has 2 fully saturated rings. The summed E-state index contributed by atoms with van der Waals surface area (Å²) in [7, 11) is -3.50. The van der Waals surface area contributed by atoms with Gasteiger partial charge in [0.15, 0.2) is 6.54 Å². The molecular formula is C20H32N3O3S+. The Bertz CT molecular complexity index is 727. The Hall–Kier alpha value is -1.44. The summed E-state index contributed by atoms with van der Waals surface area (Å²) in [5.41, 5.74) is 0.640. The third-order valence-corrected chi connectivity index (χ3v) is 7.38. The maximum absolute atomic E-state index is 12.5. The first-order chi connectivity index (χ1) is 12.9. The Morgan fingerprint density at radius 1 is 1.04 bits per heavy atom. The molecular weight excluding hydrogens is 362 g/mol. The number of carbonyl (C=O) groups is 1. The van der Waals surface area contributed by atoms with Crippen LogP contribution in [-0.4, -0.2) is 39.5 Å². The fourth-order valence-corrected chi connectivity index (χ4v) is 5.46. The molecule has 0 aromatic heterocycles. The van der Waals surface area contributed by atoms with Gasteiger partial charge in [-0.25, -0.2) is 13.1 Å². The topological polar surface area (TPSA) is 79.7 Å². The Labute approximate surface area is 162 Å².